The van der Waals surface area contributed by atoms with E-state index in [-0.39, 0.29) is 37.1 Å². The lowest BCUT2D eigenvalue weighted by Crippen LogP contribution is -2.33. The fourth-order valence-corrected chi connectivity index (χ4v) is 2.79. The predicted molar refractivity (Wildman–Crippen MR) is 95.1 cm³/mol. The normalized spacial score (nSPS) is 16.7. The average molecular weight is 357 g/mol. The molecule has 1 N–H and O–H groups in total. The molecular formula is C18H20FN5O2. The molecule has 8 heteroatoms. The van der Waals surface area contributed by atoms with E-state index >= 15 is 0 Å². The Kier molecular flexibility index (Phi) is 5.11. The Bertz CT molecular complexity index is 809. The third kappa shape index (κ3) is 3.96. The SMILES string of the molecule is CN(C)c1ccnc(CNC(=O)C2CC(=O)N(c3ccc(F)cc3)C2)n1. The largest absolute Gasteiger partial charge is 0.363 e. The van der Waals surface area contributed by atoms with Gasteiger partial charge in [-0.15, -0.1) is 0 Å². The van der Waals surface area contributed by atoms with Crippen LogP contribution in [0.2, 0.25) is 0 Å². The monoisotopic (exact) mass is 357 g/mol. The summed E-state index contributed by atoms with van der Waals surface area (Å²) in [5.41, 5.74) is 0.591. The highest BCUT2D eigenvalue weighted by atomic mass is 19.1. The van der Waals surface area contributed by atoms with Crippen LogP contribution in [0.3, 0.4) is 0 Å². The van der Waals surface area contributed by atoms with Crippen LogP contribution in [-0.4, -0.2) is 42.4 Å². The number of nitrogens with zero attached hydrogens (tertiary/aromatic N) is 4. The van der Waals surface area contributed by atoms with Crippen molar-refractivity contribution < 1.29 is 14.0 Å². The molecule has 1 aromatic heterocycles. The summed E-state index contributed by atoms with van der Waals surface area (Å²) < 4.78 is 13.0. The van der Waals surface area contributed by atoms with Gasteiger partial charge in [0.25, 0.3) is 0 Å². The van der Waals surface area contributed by atoms with E-state index in [1.54, 1.807) is 12.3 Å². The molecule has 1 atom stereocenters. The molecule has 1 aliphatic rings. The molecular weight excluding hydrogens is 337 g/mol. The molecule has 2 aromatic rings. The van der Waals surface area contributed by atoms with Gasteiger partial charge in [-0.3, -0.25) is 9.59 Å². The Labute approximate surface area is 150 Å². The molecule has 136 valence electrons. The number of carbonyl (C=O) groups excluding carboxylic acids is 2. The van der Waals surface area contributed by atoms with Gasteiger partial charge in [0.05, 0.1) is 12.5 Å². The Morgan fingerprint density at radius 3 is 2.73 bits per heavy atom. The van der Waals surface area contributed by atoms with Crippen molar-refractivity contribution in [1.82, 2.24) is 15.3 Å². The van der Waals surface area contributed by atoms with Gasteiger partial charge in [-0.2, -0.15) is 0 Å². The highest BCUT2D eigenvalue weighted by molar-refractivity contribution is 6.00. The van der Waals surface area contributed by atoms with Crippen LogP contribution in [0.15, 0.2) is 36.5 Å². The Morgan fingerprint density at radius 1 is 1.31 bits per heavy atom. The van der Waals surface area contributed by atoms with Crippen LogP contribution < -0.4 is 15.1 Å². The van der Waals surface area contributed by atoms with E-state index in [0.29, 0.717) is 11.5 Å². The number of nitrogens with one attached hydrogen (secondary N) is 1. The smallest absolute Gasteiger partial charge is 0.227 e. The number of amides is 2. The maximum atomic E-state index is 13.0. The van der Waals surface area contributed by atoms with Crippen LogP contribution in [-0.2, 0) is 16.1 Å². The molecule has 3 rings (SSSR count). The maximum absolute atomic E-state index is 13.0. The minimum absolute atomic E-state index is 0.127. The van der Waals surface area contributed by atoms with Crippen molar-refractivity contribution in [1.29, 1.82) is 0 Å². The van der Waals surface area contributed by atoms with Gasteiger partial charge in [-0.1, -0.05) is 0 Å². The number of halogens is 1. The van der Waals surface area contributed by atoms with Crippen molar-refractivity contribution in [2.45, 2.75) is 13.0 Å². The molecule has 1 unspecified atom stereocenters. The van der Waals surface area contributed by atoms with Crippen LogP contribution >= 0.6 is 0 Å². The van der Waals surface area contributed by atoms with Gasteiger partial charge in [0, 0.05) is 38.9 Å². The van der Waals surface area contributed by atoms with E-state index < -0.39 is 5.92 Å². The quantitative estimate of drug-likeness (QED) is 0.874. The fraction of sp³-hybridized carbons (Fsp3) is 0.333. The van der Waals surface area contributed by atoms with Crippen LogP contribution in [0.4, 0.5) is 15.9 Å². The van der Waals surface area contributed by atoms with Crippen molar-refractivity contribution in [2.75, 3.05) is 30.4 Å². The summed E-state index contributed by atoms with van der Waals surface area (Å²) in [4.78, 5) is 36.4. The van der Waals surface area contributed by atoms with Crippen LogP contribution in [0, 0.1) is 11.7 Å². The summed E-state index contributed by atoms with van der Waals surface area (Å²) in [7, 11) is 3.75. The number of anilines is 2. The zero-order valence-corrected chi connectivity index (χ0v) is 14.6. The first-order valence-corrected chi connectivity index (χ1v) is 8.27. The summed E-state index contributed by atoms with van der Waals surface area (Å²) in [5.74, 6) is 0.0655. The molecule has 0 spiro atoms. The van der Waals surface area contributed by atoms with Crippen molar-refractivity contribution in [2.24, 2.45) is 5.92 Å². The highest BCUT2D eigenvalue weighted by Crippen LogP contribution is 2.25. The topological polar surface area (TPSA) is 78.4 Å². The molecule has 7 nitrogen and oxygen atoms in total. The Balaban J connectivity index is 1.60. The number of aromatic nitrogens is 2. The molecule has 2 heterocycles. The maximum Gasteiger partial charge on any atom is 0.227 e. The fourth-order valence-electron chi connectivity index (χ4n) is 2.79. The minimum atomic E-state index is -0.454. The average Bonchev–Trinajstić information content (AvgIpc) is 3.02. The number of benzene rings is 1. The summed E-state index contributed by atoms with van der Waals surface area (Å²) in [6, 6.07) is 7.44. The third-order valence-corrected chi connectivity index (χ3v) is 4.20. The molecule has 26 heavy (non-hydrogen) atoms. The lowest BCUT2D eigenvalue weighted by atomic mass is 10.1. The minimum Gasteiger partial charge on any atom is -0.363 e. The first kappa shape index (κ1) is 17.8. The highest BCUT2D eigenvalue weighted by Gasteiger charge is 2.35. The van der Waals surface area contributed by atoms with Gasteiger partial charge in [-0.05, 0) is 30.3 Å². The lowest BCUT2D eigenvalue weighted by Gasteiger charge is -2.16. The zero-order valence-electron chi connectivity index (χ0n) is 14.6. The second-order valence-corrected chi connectivity index (χ2v) is 6.33. The van der Waals surface area contributed by atoms with E-state index in [1.807, 2.05) is 19.0 Å². The van der Waals surface area contributed by atoms with E-state index in [1.165, 1.54) is 29.2 Å². The van der Waals surface area contributed by atoms with Gasteiger partial charge < -0.3 is 15.1 Å². The van der Waals surface area contributed by atoms with Gasteiger partial charge in [0.15, 0.2) is 0 Å². The van der Waals surface area contributed by atoms with Crippen LogP contribution in [0.25, 0.3) is 0 Å². The van der Waals surface area contributed by atoms with Crippen LogP contribution in [0.5, 0.6) is 0 Å². The number of hydrogen-bond donors (Lipinski definition) is 1. The third-order valence-electron chi connectivity index (χ3n) is 4.20. The van der Waals surface area contributed by atoms with E-state index in [0.717, 1.165) is 5.82 Å². The molecule has 0 bridgehead atoms. The van der Waals surface area contributed by atoms with Gasteiger partial charge in [0.2, 0.25) is 11.8 Å². The first-order chi connectivity index (χ1) is 12.4. The lowest BCUT2D eigenvalue weighted by molar-refractivity contribution is -0.126. The van der Waals surface area contributed by atoms with Crippen molar-refractivity contribution in [3.05, 3.63) is 48.2 Å². The Morgan fingerprint density at radius 2 is 2.04 bits per heavy atom. The van der Waals surface area contributed by atoms with Crippen molar-refractivity contribution in [3.63, 3.8) is 0 Å². The van der Waals surface area contributed by atoms with Crippen molar-refractivity contribution in [3.8, 4) is 0 Å². The van der Waals surface area contributed by atoms with Gasteiger partial charge in [0.1, 0.15) is 17.5 Å². The second-order valence-electron chi connectivity index (χ2n) is 6.33. The zero-order chi connectivity index (χ0) is 18.7. The molecule has 1 aliphatic heterocycles. The first-order valence-electron chi connectivity index (χ1n) is 8.27. The molecule has 1 fully saturated rings. The Hall–Kier alpha value is -3.03. The number of rotatable bonds is 5. The summed E-state index contributed by atoms with van der Waals surface area (Å²) in [6.45, 7) is 0.469. The molecule has 2 amide bonds. The number of carbonyl (C=O) groups is 2. The summed E-state index contributed by atoms with van der Waals surface area (Å²) in [5, 5.41) is 2.79. The molecule has 0 saturated carbocycles. The molecule has 1 saturated heterocycles. The summed E-state index contributed by atoms with van der Waals surface area (Å²) in [6.07, 6.45) is 1.76. The standard InChI is InChI=1S/C18H20FN5O2/c1-23(2)16-7-8-20-15(22-16)10-21-18(26)12-9-17(25)24(11-12)14-5-3-13(19)4-6-14/h3-8,12H,9-11H2,1-2H3,(H,21,26). The number of hydrogen-bond acceptors (Lipinski definition) is 5. The summed E-state index contributed by atoms with van der Waals surface area (Å²) >= 11 is 0. The van der Waals surface area contributed by atoms with E-state index in [9.17, 15) is 14.0 Å². The molecule has 1 aromatic carbocycles. The molecule has 0 aliphatic carbocycles. The van der Waals surface area contributed by atoms with Gasteiger partial charge in [-0.25, -0.2) is 14.4 Å². The van der Waals surface area contributed by atoms with E-state index in [4.69, 9.17) is 0 Å². The second kappa shape index (κ2) is 7.47. The predicted octanol–water partition coefficient (Wildman–Crippen LogP) is 1.35. The van der Waals surface area contributed by atoms with Gasteiger partial charge >= 0.3 is 0 Å². The van der Waals surface area contributed by atoms with Crippen molar-refractivity contribution >= 4 is 23.3 Å². The van der Waals surface area contributed by atoms with E-state index in [2.05, 4.69) is 15.3 Å². The molecule has 0 radical (unpaired) electrons. The van der Waals surface area contributed by atoms with Crippen LogP contribution in [0.1, 0.15) is 12.2 Å².